The fourth-order valence-corrected chi connectivity index (χ4v) is 2.80. The molecule has 94 valence electrons. The Morgan fingerprint density at radius 1 is 1.47 bits per heavy atom. The van der Waals surface area contributed by atoms with E-state index in [1.54, 1.807) is 0 Å². The highest BCUT2D eigenvalue weighted by molar-refractivity contribution is 6.30. The maximum Gasteiger partial charge on any atom is 0.0943 e. The predicted molar refractivity (Wildman–Crippen MR) is 71.3 cm³/mol. The van der Waals surface area contributed by atoms with Gasteiger partial charge < -0.3 is 10.4 Å². The minimum Gasteiger partial charge on any atom is -0.387 e. The molecule has 2 nitrogen and oxygen atoms in total. The van der Waals surface area contributed by atoms with E-state index in [-0.39, 0.29) is 6.04 Å². The second-order valence-electron chi connectivity index (χ2n) is 4.84. The van der Waals surface area contributed by atoms with Crippen molar-refractivity contribution in [3.63, 3.8) is 0 Å². The Morgan fingerprint density at radius 3 is 3.00 bits per heavy atom. The number of benzene rings is 1. The van der Waals surface area contributed by atoms with Gasteiger partial charge in [-0.2, -0.15) is 0 Å². The first-order valence-corrected chi connectivity index (χ1v) is 6.78. The van der Waals surface area contributed by atoms with Crippen LogP contribution in [-0.4, -0.2) is 17.2 Å². The first kappa shape index (κ1) is 12.9. The van der Waals surface area contributed by atoms with Crippen LogP contribution in [0.2, 0.25) is 5.02 Å². The lowest BCUT2D eigenvalue weighted by molar-refractivity contribution is 0.135. The Bertz CT molecular complexity index is 369. The Balaban J connectivity index is 1.99. The lowest BCUT2D eigenvalue weighted by Gasteiger charge is -2.20. The molecule has 0 aliphatic carbocycles. The summed E-state index contributed by atoms with van der Waals surface area (Å²) in [6, 6.07) is 8.25. The zero-order chi connectivity index (χ0) is 12.3. The molecule has 1 aromatic carbocycles. The highest BCUT2D eigenvalue weighted by Gasteiger charge is 2.29. The van der Waals surface area contributed by atoms with Crippen molar-refractivity contribution in [2.75, 3.05) is 0 Å². The van der Waals surface area contributed by atoms with E-state index in [1.807, 2.05) is 24.3 Å². The Hall–Kier alpha value is -0.570. The monoisotopic (exact) mass is 253 g/mol. The highest BCUT2D eigenvalue weighted by atomic mass is 35.5. The van der Waals surface area contributed by atoms with E-state index < -0.39 is 6.10 Å². The normalized spacial score (nSPS) is 26.1. The Morgan fingerprint density at radius 2 is 2.29 bits per heavy atom. The van der Waals surface area contributed by atoms with Crippen LogP contribution in [0.4, 0.5) is 0 Å². The zero-order valence-electron chi connectivity index (χ0n) is 10.2. The number of aliphatic hydroxyl groups excluding tert-OH is 1. The molecule has 1 aliphatic rings. The van der Waals surface area contributed by atoms with Crippen molar-refractivity contribution in [1.29, 1.82) is 0 Å². The third kappa shape index (κ3) is 3.21. The van der Waals surface area contributed by atoms with Crippen molar-refractivity contribution in [2.45, 2.75) is 50.8 Å². The minimum absolute atomic E-state index is 0.171. The fourth-order valence-electron chi connectivity index (χ4n) is 2.60. The van der Waals surface area contributed by atoms with Gasteiger partial charge in [0.25, 0.3) is 0 Å². The second kappa shape index (κ2) is 5.85. The van der Waals surface area contributed by atoms with E-state index in [9.17, 15) is 5.11 Å². The van der Waals surface area contributed by atoms with Crippen LogP contribution in [0.15, 0.2) is 24.3 Å². The van der Waals surface area contributed by atoms with Gasteiger partial charge in [-0.1, -0.05) is 37.1 Å². The van der Waals surface area contributed by atoms with E-state index in [0.29, 0.717) is 11.1 Å². The van der Waals surface area contributed by atoms with Crippen LogP contribution in [0.5, 0.6) is 0 Å². The summed E-state index contributed by atoms with van der Waals surface area (Å²) in [6.07, 6.45) is 4.14. The van der Waals surface area contributed by atoms with Gasteiger partial charge in [0.1, 0.15) is 0 Å². The summed E-state index contributed by atoms with van der Waals surface area (Å²) in [5.41, 5.74) is 0.909. The lowest BCUT2D eigenvalue weighted by atomic mass is 10.0. The molecule has 0 bridgehead atoms. The number of hydrogen-bond acceptors (Lipinski definition) is 2. The average Bonchev–Trinajstić information content (AvgIpc) is 2.77. The van der Waals surface area contributed by atoms with Crippen LogP contribution in [0, 0.1) is 0 Å². The number of halogens is 1. The smallest absolute Gasteiger partial charge is 0.0943 e. The summed E-state index contributed by atoms with van der Waals surface area (Å²) in [6.45, 7) is 2.20. The first-order chi connectivity index (χ1) is 8.20. The van der Waals surface area contributed by atoms with Crippen molar-refractivity contribution < 1.29 is 5.11 Å². The summed E-state index contributed by atoms with van der Waals surface area (Å²) in [5.74, 6) is 0. The van der Waals surface area contributed by atoms with Gasteiger partial charge in [0.2, 0.25) is 0 Å². The molecule has 3 heteroatoms. The van der Waals surface area contributed by atoms with Crippen molar-refractivity contribution in [3.8, 4) is 0 Å². The standard InChI is InChI=1S/C14H20ClNO/c1-2-4-12-7-8-13(16-12)14(17)10-5-3-6-11(15)9-10/h3,5-6,9,12-14,16-17H,2,4,7-8H2,1H3. The van der Waals surface area contributed by atoms with Gasteiger partial charge in [0.05, 0.1) is 6.10 Å². The third-order valence-corrected chi connectivity index (χ3v) is 3.72. The van der Waals surface area contributed by atoms with Gasteiger partial charge >= 0.3 is 0 Å². The molecule has 0 amide bonds. The van der Waals surface area contributed by atoms with Gasteiger partial charge in [-0.3, -0.25) is 0 Å². The molecule has 1 aliphatic heterocycles. The van der Waals surface area contributed by atoms with Crippen molar-refractivity contribution in [2.24, 2.45) is 0 Å². The van der Waals surface area contributed by atoms with E-state index in [0.717, 1.165) is 18.4 Å². The highest BCUT2D eigenvalue weighted by Crippen LogP contribution is 2.27. The summed E-state index contributed by atoms with van der Waals surface area (Å²) < 4.78 is 0. The molecule has 0 saturated carbocycles. The topological polar surface area (TPSA) is 32.3 Å². The predicted octanol–water partition coefficient (Wildman–Crippen LogP) is 3.29. The molecule has 1 fully saturated rings. The molecule has 2 rings (SSSR count). The molecule has 17 heavy (non-hydrogen) atoms. The third-order valence-electron chi connectivity index (χ3n) is 3.48. The quantitative estimate of drug-likeness (QED) is 0.863. The van der Waals surface area contributed by atoms with Crippen molar-refractivity contribution in [1.82, 2.24) is 5.32 Å². The lowest BCUT2D eigenvalue weighted by Crippen LogP contribution is -2.33. The van der Waals surface area contributed by atoms with Gasteiger partial charge in [0.15, 0.2) is 0 Å². The fraction of sp³-hybridized carbons (Fsp3) is 0.571. The maximum absolute atomic E-state index is 10.3. The van der Waals surface area contributed by atoms with Crippen LogP contribution >= 0.6 is 11.6 Å². The largest absolute Gasteiger partial charge is 0.387 e. The molecule has 3 unspecified atom stereocenters. The number of rotatable bonds is 4. The molecule has 3 atom stereocenters. The molecular formula is C14H20ClNO. The SMILES string of the molecule is CCCC1CCC(C(O)c2cccc(Cl)c2)N1. The van der Waals surface area contributed by atoms with Crippen molar-refractivity contribution in [3.05, 3.63) is 34.9 Å². The molecule has 1 heterocycles. The molecule has 0 spiro atoms. The van der Waals surface area contributed by atoms with Gasteiger partial charge in [0, 0.05) is 17.1 Å². The van der Waals surface area contributed by atoms with E-state index in [1.165, 1.54) is 12.8 Å². The number of hydrogen-bond donors (Lipinski definition) is 2. The Kier molecular flexibility index (Phi) is 4.43. The summed E-state index contributed by atoms with van der Waals surface area (Å²) >= 11 is 5.94. The average molecular weight is 254 g/mol. The van der Waals surface area contributed by atoms with E-state index >= 15 is 0 Å². The summed E-state index contributed by atoms with van der Waals surface area (Å²) in [5, 5.41) is 14.5. The van der Waals surface area contributed by atoms with E-state index in [2.05, 4.69) is 12.2 Å². The minimum atomic E-state index is -0.449. The van der Waals surface area contributed by atoms with Crippen LogP contribution in [0.1, 0.15) is 44.3 Å². The van der Waals surface area contributed by atoms with Crippen LogP contribution in [-0.2, 0) is 0 Å². The van der Waals surface area contributed by atoms with E-state index in [4.69, 9.17) is 11.6 Å². The van der Waals surface area contributed by atoms with Crippen LogP contribution in [0.3, 0.4) is 0 Å². The summed E-state index contributed by atoms with van der Waals surface area (Å²) in [4.78, 5) is 0. The van der Waals surface area contributed by atoms with Crippen LogP contribution in [0.25, 0.3) is 0 Å². The molecule has 0 radical (unpaired) electrons. The maximum atomic E-state index is 10.3. The molecule has 0 aromatic heterocycles. The summed E-state index contributed by atoms with van der Waals surface area (Å²) in [7, 11) is 0. The number of nitrogens with one attached hydrogen (secondary N) is 1. The number of aliphatic hydroxyl groups is 1. The molecule has 1 saturated heterocycles. The van der Waals surface area contributed by atoms with Crippen LogP contribution < -0.4 is 5.32 Å². The molecular weight excluding hydrogens is 234 g/mol. The van der Waals surface area contributed by atoms with Gasteiger partial charge in [-0.05, 0) is 37.0 Å². The molecule has 1 aromatic rings. The van der Waals surface area contributed by atoms with Gasteiger partial charge in [-0.15, -0.1) is 0 Å². The molecule has 2 N–H and O–H groups in total. The van der Waals surface area contributed by atoms with Gasteiger partial charge in [-0.25, -0.2) is 0 Å². The first-order valence-electron chi connectivity index (χ1n) is 6.40. The van der Waals surface area contributed by atoms with Crippen molar-refractivity contribution >= 4 is 11.6 Å². The Labute approximate surface area is 108 Å². The zero-order valence-corrected chi connectivity index (χ0v) is 11.0. The second-order valence-corrected chi connectivity index (χ2v) is 5.27.